The number of benzene rings is 3. The monoisotopic (exact) mass is 402 g/mol. The molecule has 0 amide bonds. The van der Waals surface area contributed by atoms with Gasteiger partial charge in [0.1, 0.15) is 17.2 Å². The van der Waals surface area contributed by atoms with Crippen LogP contribution in [0.1, 0.15) is 31.8 Å². The summed E-state index contributed by atoms with van der Waals surface area (Å²) in [6.07, 6.45) is 3.02. The summed E-state index contributed by atoms with van der Waals surface area (Å²) >= 11 is 0. The lowest BCUT2D eigenvalue weighted by molar-refractivity contribution is 0.0734. The van der Waals surface area contributed by atoms with Gasteiger partial charge in [-0.1, -0.05) is 35.9 Å². The van der Waals surface area contributed by atoms with Crippen LogP contribution >= 0.6 is 0 Å². The Bertz CT molecular complexity index is 1080. The van der Waals surface area contributed by atoms with Crippen LogP contribution in [0, 0.1) is 6.92 Å². The summed E-state index contributed by atoms with van der Waals surface area (Å²) in [6, 6.07) is 19.2. The fourth-order valence-corrected chi connectivity index (χ4v) is 2.82. The number of hydrogen-bond acceptors (Lipinski definition) is 5. The highest BCUT2D eigenvalue weighted by Crippen LogP contribution is 2.26. The molecule has 0 radical (unpaired) electrons. The first-order valence-electron chi connectivity index (χ1n) is 9.34. The summed E-state index contributed by atoms with van der Waals surface area (Å²) in [5, 5.41) is 0. The molecule has 3 aromatic rings. The van der Waals surface area contributed by atoms with Crippen molar-refractivity contribution in [2.45, 2.75) is 6.92 Å². The number of aryl methyl sites for hydroxylation is 1. The maximum atomic E-state index is 12.7. The van der Waals surface area contributed by atoms with E-state index in [0.717, 1.165) is 5.56 Å². The third-order valence-corrected chi connectivity index (χ3v) is 4.50. The lowest BCUT2D eigenvalue weighted by atomic mass is 10.1. The van der Waals surface area contributed by atoms with Gasteiger partial charge in [-0.25, -0.2) is 4.79 Å². The van der Waals surface area contributed by atoms with Gasteiger partial charge in [-0.2, -0.15) is 0 Å². The Morgan fingerprint density at radius 3 is 2.27 bits per heavy atom. The second-order valence-corrected chi connectivity index (χ2v) is 6.56. The Morgan fingerprint density at radius 1 is 0.833 bits per heavy atom. The van der Waals surface area contributed by atoms with Crippen LogP contribution in [0.4, 0.5) is 0 Å². The molecule has 0 atom stereocenters. The molecular weight excluding hydrogens is 380 g/mol. The third kappa shape index (κ3) is 4.94. The second kappa shape index (κ2) is 9.56. The van der Waals surface area contributed by atoms with Crippen LogP contribution in [0.5, 0.6) is 17.2 Å². The van der Waals surface area contributed by atoms with E-state index in [4.69, 9.17) is 14.2 Å². The quantitative estimate of drug-likeness (QED) is 0.237. The summed E-state index contributed by atoms with van der Waals surface area (Å²) in [5.41, 5.74) is 2.49. The Balaban J connectivity index is 1.82. The number of rotatable bonds is 7. The number of ether oxygens (including phenoxy) is 3. The standard InChI is InChI=1S/C25H22O5/c1-17-8-10-19(11-9-17)25(27)30-23-7-5-4-6-18(23)12-14-22(26)21-16-20(28-2)13-15-24(21)29-3/h4-16H,1-3H3/b14-12+. The van der Waals surface area contributed by atoms with Gasteiger partial charge in [0.05, 0.1) is 25.3 Å². The van der Waals surface area contributed by atoms with Crippen molar-refractivity contribution in [3.8, 4) is 17.2 Å². The van der Waals surface area contributed by atoms with Gasteiger partial charge in [-0.3, -0.25) is 4.79 Å². The molecule has 0 saturated heterocycles. The molecule has 0 N–H and O–H groups in total. The van der Waals surface area contributed by atoms with Gasteiger partial charge in [0.15, 0.2) is 5.78 Å². The van der Waals surface area contributed by atoms with Crippen molar-refractivity contribution in [2.24, 2.45) is 0 Å². The first kappa shape index (κ1) is 20.9. The number of para-hydroxylation sites is 1. The van der Waals surface area contributed by atoms with E-state index in [0.29, 0.717) is 33.9 Å². The molecule has 3 rings (SSSR count). The number of ketones is 1. The number of allylic oxidation sites excluding steroid dienone is 1. The molecule has 0 aliphatic carbocycles. The van der Waals surface area contributed by atoms with Crippen molar-refractivity contribution in [1.82, 2.24) is 0 Å². The molecule has 0 aromatic heterocycles. The fraction of sp³-hybridized carbons (Fsp3) is 0.120. The molecule has 0 saturated carbocycles. The van der Waals surface area contributed by atoms with Gasteiger partial charge in [0.25, 0.3) is 0 Å². The van der Waals surface area contributed by atoms with Crippen LogP contribution < -0.4 is 14.2 Å². The number of carbonyl (C=O) groups excluding carboxylic acids is 2. The van der Waals surface area contributed by atoms with Gasteiger partial charge in [-0.15, -0.1) is 0 Å². The molecule has 0 spiro atoms. The molecule has 0 aliphatic rings. The van der Waals surface area contributed by atoms with E-state index < -0.39 is 5.97 Å². The van der Waals surface area contributed by atoms with Crippen LogP contribution in [0.3, 0.4) is 0 Å². The Morgan fingerprint density at radius 2 is 1.57 bits per heavy atom. The van der Waals surface area contributed by atoms with Gasteiger partial charge in [-0.05, 0) is 55.5 Å². The summed E-state index contributed by atoms with van der Waals surface area (Å²) in [6.45, 7) is 1.95. The Hall–Kier alpha value is -3.86. The molecule has 152 valence electrons. The highest BCUT2D eigenvalue weighted by atomic mass is 16.5. The Kier molecular flexibility index (Phi) is 6.65. The maximum Gasteiger partial charge on any atom is 0.343 e. The summed E-state index contributed by atoms with van der Waals surface area (Å²) in [5.74, 6) is 0.649. The Labute approximate surface area is 175 Å². The molecular formula is C25H22O5. The number of methoxy groups -OCH3 is 2. The van der Waals surface area contributed by atoms with Crippen LogP contribution in [-0.2, 0) is 0 Å². The molecule has 0 unspecified atom stereocenters. The third-order valence-electron chi connectivity index (χ3n) is 4.50. The number of carbonyl (C=O) groups is 2. The highest BCUT2D eigenvalue weighted by molar-refractivity contribution is 6.09. The minimum Gasteiger partial charge on any atom is -0.497 e. The van der Waals surface area contributed by atoms with E-state index >= 15 is 0 Å². The molecule has 5 nitrogen and oxygen atoms in total. The van der Waals surface area contributed by atoms with Gasteiger partial charge < -0.3 is 14.2 Å². The van der Waals surface area contributed by atoms with E-state index in [2.05, 4.69) is 0 Å². The largest absolute Gasteiger partial charge is 0.497 e. The molecule has 0 bridgehead atoms. The lowest BCUT2D eigenvalue weighted by Gasteiger charge is -2.09. The van der Waals surface area contributed by atoms with E-state index in [1.807, 2.05) is 19.1 Å². The molecule has 30 heavy (non-hydrogen) atoms. The van der Waals surface area contributed by atoms with Gasteiger partial charge in [0.2, 0.25) is 0 Å². The predicted octanol–water partition coefficient (Wildman–Crippen LogP) is 5.13. The van der Waals surface area contributed by atoms with Crippen molar-refractivity contribution in [3.63, 3.8) is 0 Å². The van der Waals surface area contributed by atoms with Crippen molar-refractivity contribution in [1.29, 1.82) is 0 Å². The topological polar surface area (TPSA) is 61.8 Å². The molecule has 0 heterocycles. The van der Waals surface area contributed by atoms with Crippen LogP contribution in [0.2, 0.25) is 0 Å². The number of esters is 1. The zero-order valence-corrected chi connectivity index (χ0v) is 17.0. The average molecular weight is 402 g/mol. The summed E-state index contributed by atoms with van der Waals surface area (Å²) in [4.78, 5) is 25.2. The van der Waals surface area contributed by atoms with E-state index in [-0.39, 0.29) is 5.78 Å². The highest BCUT2D eigenvalue weighted by Gasteiger charge is 2.13. The van der Waals surface area contributed by atoms with Crippen molar-refractivity contribution < 1.29 is 23.8 Å². The molecule has 3 aromatic carbocycles. The lowest BCUT2D eigenvalue weighted by Crippen LogP contribution is -2.09. The zero-order valence-electron chi connectivity index (χ0n) is 17.0. The number of hydrogen-bond donors (Lipinski definition) is 0. The minimum absolute atomic E-state index is 0.259. The van der Waals surface area contributed by atoms with E-state index in [9.17, 15) is 9.59 Å². The van der Waals surface area contributed by atoms with Gasteiger partial charge in [0, 0.05) is 5.56 Å². The summed E-state index contributed by atoms with van der Waals surface area (Å²) < 4.78 is 16.0. The second-order valence-electron chi connectivity index (χ2n) is 6.56. The maximum absolute atomic E-state index is 12.7. The smallest absolute Gasteiger partial charge is 0.343 e. The normalized spacial score (nSPS) is 10.6. The van der Waals surface area contributed by atoms with Crippen molar-refractivity contribution in [3.05, 3.63) is 95.1 Å². The first-order chi connectivity index (χ1) is 14.5. The van der Waals surface area contributed by atoms with Crippen LogP contribution in [0.15, 0.2) is 72.8 Å². The molecule has 5 heteroatoms. The van der Waals surface area contributed by atoms with Crippen LogP contribution in [-0.4, -0.2) is 26.0 Å². The SMILES string of the molecule is COc1ccc(OC)c(C(=O)/C=C/c2ccccc2OC(=O)c2ccc(C)cc2)c1. The van der Waals surface area contributed by atoms with E-state index in [1.54, 1.807) is 60.7 Å². The first-order valence-corrected chi connectivity index (χ1v) is 9.34. The predicted molar refractivity (Wildman–Crippen MR) is 115 cm³/mol. The average Bonchev–Trinajstić information content (AvgIpc) is 2.78. The fourth-order valence-electron chi connectivity index (χ4n) is 2.82. The van der Waals surface area contributed by atoms with Crippen LogP contribution in [0.25, 0.3) is 6.08 Å². The van der Waals surface area contributed by atoms with Crippen molar-refractivity contribution in [2.75, 3.05) is 14.2 Å². The molecule has 0 fully saturated rings. The van der Waals surface area contributed by atoms with Crippen molar-refractivity contribution >= 4 is 17.8 Å². The minimum atomic E-state index is -0.461. The van der Waals surface area contributed by atoms with Gasteiger partial charge >= 0.3 is 5.97 Å². The zero-order chi connectivity index (χ0) is 21.5. The summed E-state index contributed by atoms with van der Waals surface area (Å²) in [7, 11) is 3.03. The molecule has 0 aliphatic heterocycles. The van der Waals surface area contributed by atoms with E-state index in [1.165, 1.54) is 20.3 Å².